The van der Waals surface area contributed by atoms with E-state index in [1.807, 2.05) is 16.5 Å². The molecule has 7 heteroatoms. The molecule has 24 heavy (non-hydrogen) atoms. The highest BCUT2D eigenvalue weighted by atomic mass is 32.1. The molecular weight excluding hydrogens is 324 g/mol. The summed E-state index contributed by atoms with van der Waals surface area (Å²) in [6.45, 7) is 4.19. The summed E-state index contributed by atoms with van der Waals surface area (Å²) in [4.78, 5) is 21.0. The Morgan fingerprint density at radius 3 is 3.04 bits per heavy atom. The van der Waals surface area contributed by atoms with E-state index >= 15 is 0 Å². The second-order valence-corrected chi connectivity index (χ2v) is 7.91. The number of anilines is 1. The lowest BCUT2D eigenvalue weighted by atomic mass is 9.87. The van der Waals surface area contributed by atoms with Crippen molar-refractivity contribution in [2.45, 2.75) is 44.3 Å². The van der Waals surface area contributed by atoms with E-state index in [0.29, 0.717) is 18.1 Å². The van der Waals surface area contributed by atoms with Gasteiger partial charge in [0.15, 0.2) is 5.13 Å². The number of ether oxygens (including phenoxy) is 1. The van der Waals surface area contributed by atoms with E-state index in [1.165, 1.54) is 19.3 Å². The number of hydrogen-bond acceptors (Lipinski definition) is 5. The summed E-state index contributed by atoms with van der Waals surface area (Å²) in [6.07, 6.45) is 8.47. The Balaban J connectivity index is 1.20. The van der Waals surface area contributed by atoms with Crippen molar-refractivity contribution in [2.75, 3.05) is 37.6 Å². The molecule has 3 saturated heterocycles. The van der Waals surface area contributed by atoms with Gasteiger partial charge in [0, 0.05) is 44.3 Å². The first-order chi connectivity index (χ1) is 11.8. The molecule has 4 heterocycles. The van der Waals surface area contributed by atoms with Crippen molar-refractivity contribution in [3.05, 3.63) is 11.6 Å². The van der Waals surface area contributed by atoms with Gasteiger partial charge in [0.25, 0.3) is 0 Å². The molecule has 1 aromatic heterocycles. The Kier molecular flexibility index (Phi) is 4.89. The van der Waals surface area contributed by atoms with Crippen molar-refractivity contribution in [2.24, 2.45) is 5.92 Å². The van der Waals surface area contributed by atoms with Crippen LogP contribution in [0.4, 0.5) is 9.93 Å². The number of nitrogens with zero attached hydrogens (tertiary/aromatic N) is 3. The lowest BCUT2D eigenvalue weighted by molar-refractivity contribution is 0.0912. The van der Waals surface area contributed by atoms with E-state index in [1.54, 1.807) is 11.3 Å². The molecule has 6 nitrogen and oxygen atoms in total. The second-order valence-electron chi connectivity index (χ2n) is 7.03. The maximum atomic E-state index is 12.4. The van der Waals surface area contributed by atoms with Gasteiger partial charge < -0.3 is 19.9 Å². The van der Waals surface area contributed by atoms with Crippen LogP contribution in [0.15, 0.2) is 11.6 Å². The van der Waals surface area contributed by atoms with E-state index in [0.717, 1.165) is 50.7 Å². The van der Waals surface area contributed by atoms with Gasteiger partial charge in [0.1, 0.15) is 0 Å². The second kappa shape index (κ2) is 7.27. The minimum absolute atomic E-state index is 0.0834. The molecule has 0 aliphatic carbocycles. The van der Waals surface area contributed by atoms with Crippen LogP contribution < -0.4 is 10.2 Å². The number of nitrogens with one attached hydrogen (secondary N) is 1. The van der Waals surface area contributed by atoms with Crippen LogP contribution in [0.3, 0.4) is 0 Å². The molecule has 1 aromatic rings. The molecule has 3 unspecified atom stereocenters. The first-order valence-corrected chi connectivity index (χ1v) is 10.0. The van der Waals surface area contributed by atoms with Gasteiger partial charge in [-0.2, -0.15) is 0 Å². The topological polar surface area (TPSA) is 57.7 Å². The van der Waals surface area contributed by atoms with Crippen molar-refractivity contribution in [1.82, 2.24) is 15.2 Å². The van der Waals surface area contributed by atoms with Gasteiger partial charge in [-0.05, 0) is 38.0 Å². The van der Waals surface area contributed by atoms with Gasteiger partial charge in [-0.25, -0.2) is 9.78 Å². The molecule has 3 atom stereocenters. The number of urea groups is 1. The summed E-state index contributed by atoms with van der Waals surface area (Å²) in [5.41, 5.74) is 0. The normalized spacial score (nSPS) is 29.8. The first kappa shape index (κ1) is 16.1. The fraction of sp³-hybridized carbons (Fsp3) is 0.765. The van der Waals surface area contributed by atoms with Crippen LogP contribution in [0.1, 0.15) is 32.1 Å². The fourth-order valence-electron chi connectivity index (χ4n) is 4.21. The Bertz CT molecular complexity index is 553. The molecule has 3 aliphatic rings. The standard InChI is InChI=1S/C17H26N4O2S/c22-16(18-5-4-13-12-14-2-3-15(13)23-14)20-7-1-8-21(10-9-20)17-19-6-11-24-17/h6,11,13-15H,1-5,7-10,12H2,(H,18,22). The van der Waals surface area contributed by atoms with E-state index in [4.69, 9.17) is 4.74 Å². The lowest BCUT2D eigenvalue weighted by Gasteiger charge is -2.23. The van der Waals surface area contributed by atoms with E-state index in [-0.39, 0.29) is 6.03 Å². The molecule has 3 aliphatic heterocycles. The van der Waals surface area contributed by atoms with E-state index in [9.17, 15) is 4.79 Å². The molecule has 0 aromatic carbocycles. The number of thiazole rings is 1. The van der Waals surface area contributed by atoms with E-state index < -0.39 is 0 Å². The minimum atomic E-state index is 0.0834. The highest BCUT2D eigenvalue weighted by molar-refractivity contribution is 7.13. The summed E-state index contributed by atoms with van der Waals surface area (Å²) in [6, 6.07) is 0.0834. The molecule has 2 bridgehead atoms. The van der Waals surface area contributed by atoms with Crippen molar-refractivity contribution in [3.8, 4) is 0 Å². The Morgan fingerprint density at radius 2 is 2.29 bits per heavy atom. The van der Waals surface area contributed by atoms with Gasteiger partial charge in [-0.15, -0.1) is 11.3 Å². The third-order valence-corrected chi connectivity index (χ3v) is 6.33. The summed E-state index contributed by atoms with van der Waals surface area (Å²) in [7, 11) is 0. The zero-order valence-corrected chi connectivity index (χ0v) is 14.8. The summed E-state index contributed by atoms with van der Waals surface area (Å²) >= 11 is 1.67. The molecule has 0 radical (unpaired) electrons. The average Bonchev–Trinajstić information content (AvgIpc) is 3.31. The zero-order valence-electron chi connectivity index (χ0n) is 14.0. The molecule has 0 saturated carbocycles. The number of aromatic nitrogens is 1. The van der Waals surface area contributed by atoms with Crippen molar-refractivity contribution >= 4 is 22.5 Å². The van der Waals surface area contributed by atoms with Crippen LogP contribution in [-0.4, -0.2) is 60.8 Å². The predicted octanol–water partition coefficient (Wildman–Crippen LogP) is 2.32. The minimum Gasteiger partial charge on any atom is -0.375 e. The molecule has 1 N–H and O–H groups in total. The fourth-order valence-corrected chi connectivity index (χ4v) is 4.90. The summed E-state index contributed by atoms with van der Waals surface area (Å²) in [5.74, 6) is 0.647. The maximum Gasteiger partial charge on any atom is 0.317 e. The van der Waals surface area contributed by atoms with Crippen LogP contribution in [0, 0.1) is 5.92 Å². The van der Waals surface area contributed by atoms with Gasteiger partial charge >= 0.3 is 6.03 Å². The SMILES string of the molecule is O=C(NCCC1CC2CCC1O2)N1CCCN(c2nccs2)CC1. The van der Waals surface area contributed by atoms with Crippen LogP contribution in [0.2, 0.25) is 0 Å². The summed E-state index contributed by atoms with van der Waals surface area (Å²) < 4.78 is 5.89. The quantitative estimate of drug-likeness (QED) is 0.905. The van der Waals surface area contributed by atoms with Gasteiger partial charge in [-0.3, -0.25) is 0 Å². The monoisotopic (exact) mass is 350 g/mol. The van der Waals surface area contributed by atoms with Gasteiger partial charge in [0.05, 0.1) is 12.2 Å². The number of rotatable bonds is 4. The third kappa shape index (κ3) is 3.52. The zero-order chi connectivity index (χ0) is 16.4. The molecule has 132 valence electrons. The number of carbonyl (C=O) groups excluding carboxylic acids is 1. The third-order valence-electron chi connectivity index (χ3n) is 5.50. The summed E-state index contributed by atoms with van der Waals surface area (Å²) in [5, 5.41) is 6.18. The number of carbonyl (C=O) groups is 1. The largest absolute Gasteiger partial charge is 0.375 e. The van der Waals surface area contributed by atoms with Crippen LogP contribution in [0.25, 0.3) is 0 Å². The van der Waals surface area contributed by atoms with Gasteiger partial charge in [0.2, 0.25) is 0 Å². The van der Waals surface area contributed by atoms with Crippen LogP contribution >= 0.6 is 11.3 Å². The first-order valence-electron chi connectivity index (χ1n) is 9.12. The molecule has 3 fully saturated rings. The molecule has 4 rings (SSSR count). The Hall–Kier alpha value is -1.34. The molecular formula is C17H26N4O2S. The van der Waals surface area contributed by atoms with Crippen molar-refractivity contribution < 1.29 is 9.53 Å². The van der Waals surface area contributed by atoms with Crippen LogP contribution in [-0.2, 0) is 4.74 Å². The molecule has 2 amide bonds. The van der Waals surface area contributed by atoms with E-state index in [2.05, 4.69) is 15.2 Å². The Labute approximate surface area is 147 Å². The molecule has 0 spiro atoms. The highest BCUT2D eigenvalue weighted by Crippen LogP contribution is 2.40. The average molecular weight is 350 g/mol. The number of hydrogen-bond donors (Lipinski definition) is 1. The smallest absolute Gasteiger partial charge is 0.317 e. The predicted molar refractivity (Wildman–Crippen MR) is 94.5 cm³/mol. The van der Waals surface area contributed by atoms with Gasteiger partial charge in [-0.1, -0.05) is 0 Å². The van der Waals surface area contributed by atoms with Crippen molar-refractivity contribution in [3.63, 3.8) is 0 Å². The number of amides is 2. The number of fused-ring (bicyclic) bond motifs is 2. The van der Waals surface area contributed by atoms with Crippen LogP contribution in [0.5, 0.6) is 0 Å². The Morgan fingerprint density at radius 1 is 1.33 bits per heavy atom. The highest BCUT2D eigenvalue weighted by Gasteiger charge is 2.40. The lowest BCUT2D eigenvalue weighted by Crippen LogP contribution is -2.42. The van der Waals surface area contributed by atoms with Crippen molar-refractivity contribution in [1.29, 1.82) is 0 Å². The maximum absolute atomic E-state index is 12.4.